The second kappa shape index (κ2) is 11.7. The number of thiazole rings is 1. The zero-order valence-electron chi connectivity index (χ0n) is 16.7. The van der Waals surface area contributed by atoms with Crippen LogP contribution in [0.25, 0.3) is 0 Å². The molecule has 1 fully saturated rings. The molecule has 1 aliphatic rings. The number of rotatable bonds is 6. The Bertz CT molecular complexity index is 812. The van der Waals surface area contributed by atoms with Crippen molar-refractivity contribution in [1.29, 1.82) is 0 Å². The number of carbonyl (C=O) groups is 3. The Kier molecular flexibility index (Phi) is 10.0. The van der Waals surface area contributed by atoms with E-state index in [1.54, 1.807) is 11.3 Å². The Morgan fingerprint density at radius 1 is 1.13 bits per heavy atom. The fourth-order valence-electron chi connectivity index (χ4n) is 2.49. The maximum absolute atomic E-state index is 10.3. The predicted molar refractivity (Wildman–Crippen MR) is 112 cm³/mol. The van der Waals surface area contributed by atoms with Gasteiger partial charge in [-0.3, -0.25) is 9.59 Å². The normalized spacial score (nSPS) is 15.3. The number of aliphatic carboxylic acids is 3. The first kappa shape index (κ1) is 25.7. The van der Waals surface area contributed by atoms with Gasteiger partial charge in [-0.1, -0.05) is 0 Å². The summed E-state index contributed by atoms with van der Waals surface area (Å²) in [6, 6.07) is 0. The van der Waals surface area contributed by atoms with Crippen molar-refractivity contribution in [3.63, 3.8) is 0 Å². The third-order valence-electron chi connectivity index (χ3n) is 4.25. The number of piperazine rings is 1. The molecule has 0 amide bonds. The van der Waals surface area contributed by atoms with Gasteiger partial charge in [-0.25, -0.2) is 4.79 Å². The lowest BCUT2D eigenvalue weighted by molar-refractivity contribution is -0.170. The Morgan fingerprint density at radius 2 is 1.67 bits per heavy atom. The molecule has 0 radical (unpaired) electrons. The average molecular weight is 463 g/mol. The quantitative estimate of drug-likeness (QED) is 0.416. The molecule has 1 aromatic rings. The minimum absolute atomic E-state index is 0.725. The highest BCUT2D eigenvalue weighted by Gasteiger charge is 2.40. The van der Waals surface area contributed by atoms with Crippen molar-refractivity contribution < 1.29 is 34.8 Å². The van der Waals surface area contributed by atoms with Crippen LogP contribution in [0.2, 0.25) is 0 Å². The molecular weight excluding hydrogens is 436 g/mol. The van der Waals surface area contributed by atoms with Gasteiger partial charge in [0.2, 0.25) is 0 Å². The molecule has 0 saturated carbocycles. The lowest BCUT2D eigenvalue weighted by Crippen LogP contribution is -2.46. The standard InChI is InChI=1S/C11H18N4S2.C6H8O7/c1-3-14-8-9-17-11(14)12-10(16)15-6-4-13(2)5-7-15;7-3(8)1-6(13,5(11)12)2-4(9)10/h8-9H,3-7H2,1-2H3;13H,1-2H2,(H,7,8)(H,9,10)(H,11,12)/b12-11-;. The lowest BCUT2D eigenvalue weighted by atomic mass is 9.96. The van der Waals surface area contributed by atoms with Crippen LogP contribution in [0.3, 0.4) is 0 Å². The molecule has 1 aliphatic heterocycles. The Hall–Kier alpha value is -2.35. The molecule has 0 aliphatic carbocycles. The fraction of sp³-hybridized carbons (Fsp3) is 0.588. The number of aryl methyl sites for hydroxylation is 1. The van der Waals surface area contributed by atoms with Crippen molar-refractivity contribution in [3.05, 3.63) is 16.4 Å². The number of hydrogen-bond donors (Lipinski definition) is 4. The van der Waals surface area contributed by atoms with Crippen LogP contribution in [0, 0.1) is 0 Å². The van der Waals surface area contributed by atoms with E-state index in [1.807, 2.05) is 0 Å². The minimum Gasteiger partial charge on any atom is -0.481 e. The van der Waals surface area contributed by atoms with Crippen molar-refractivity contribution in [2.75, 3.05) is 33.2 Å². The van der Waals surface area contributed by atoms with Gasteiger partial charge in [0.05, 0.1) is 12.8 Å². The van der Waals surface area contributed by atoms with Gasteiger partial charge in [0.25, 0.3) is 0 Å². The smallest absolute Gasteiger partial charge is 0.336 e. The molecule has 2 heterocycles. The number of thiocarbonyl (C=S) groups is 1. The highest BCUT2D eigenvalue weighted by molar-refractivity contribution is 7.80. The first-order valence-electron chi connectivity index (χ1n) is 9.04. The molecule has 30 heavy (non-hydrogen) atoms. The van der Waals surface area contributed by atoms with E-state index in [1.165, 1.54) is 0 Å². The summed E-state index contributed by atoms with van der Waals surface area (Å²) in [7, 11) is 2.14. The summed E-state index contributed by atoms with van der Waals surface area (Å²) in [5.74, 6) is -5.02. The second-order valence-corrected chi connectivity index (χ2v) is 7.87. The van der Waals surface area contributed by atoms with E-state index in [0.29, 0.717) is 0 Å². The van der Waals surface area contributed by atoms with Crippen LogP contribution in [0.5, 0.6) is 0 Å². The topological polar surface area (TPSA) is 156 Å². The second-order valence-electron chi connectivity index (χ2n) is 6.63. The van der Waals surface area contributed by atoms with Crippen LogP contribution < -0.4 is 4.80 Å². The van der Waals surface area contributed by atoms with E-state index in [-0.39, 0.29) is 0 Å². The maximum atomic E-state index is 10.3. The van der Waals surface area contributed by atoms with Gasteiger partial charge >= 0.3 is 17.9 Å². The van der Waals surface area contributed by atoms with E-state index in [2.05, 4.69) is 44.9 Å². The van der Waals surface area contributed by atoms with Crippen molar-refractivity contribution in [3.8, 4) is 0 Å². The van der Waals surface area contributed by atoms with E-state index >= 15 is 0 Å². The van der Waals surface area contributed by atoms with Crippen LogP contribution in [-0.4, -0.2) is 96.6 Å². The molecular formula is C17H26N4O7S2. The van der Waals surface area contributed by atoms with Crippen LogP contribution in [0.1, 0.15) is 19.8 Å². The molecule has 168 valence electrons. The number of carboxylic acid groups (broad SMARTS) is 3. The third kappa shape index (κ3) is 8.18. The molecule has 0 aromatic carbocycles. The van der Waals surface area contributed by atoms with E-state index in [4.69, 9.17) is 32.6 Å². The number of carboxylic acids is 3. The average Bonchev–Trinajstić information content (AvgIpc) is 3.08. The molecule has 0 spiro atoms. The summed E-state index contributed by atoms with van der Waals surface area (Å²) in [5.41, 5.74) is -2.74. The molecule has 4 N–H and O–H groups in total. The van der Waals surface area contributed by atoms with Gasteiger partial charge in [-0.05, 0) is 26.2 Å². The summed E-state index contributed by atoms with van der Waals surface area (Å²) in [5, 5.41) is 36.6. The Balaban J connectivity index is 0.000000314. The monoisotopic (exact) mass is 462 g/mol. The van der Waals surface area contributed by atoms with Crippen LogP contribution in [0.4, 0.5) is 0 Å². The Morgan fingerprint density at radius 3 is 2.10 bits per heavy atom. The van der Waals surface area contributed by atoms with Gasteiger partial charge in [-0.2, -0.15) is 4.99 Å². The summed E-state index contributed by atoms with van der Waals surface area (Å²) < 4.78 is 2.12. The summed E-state index contributed by atoms with van der Waals surface area (Å²) in [6.45, 7) is 7.15. The maximum Gasteiger partial charge on any atom is 0.336 e. The van der Waals surface area contributed by atoms with Gasteiger partial charge in [0.1, 0.15) is 0 Å². The van der Waals surface area contributed by atoms with E-state index in [0.717, 1.165) is 42.6 Å². The lowest BCUT2D eigenvalue weighted by Gasteiger charge is -2.32. The molecule has 1 saturated heterocycles. The molecule has 11 nitrogen and oxygen atoms in total. The fourth-order valence-corrected chi connectivity index (χ4v) is 3.61. The van der Waals surface area contributed by atoms with E-state index in [9.17, 15) is 14.4 Å². The van der Waals surface area contributed by atoms with E-state index < -0.39 is 36.4 Å². The zero-order chi connectivity index (χ0) is 22.9. The van der Waals surface area contributed by atoms with Crippen LogP contribution >= 0.6 is 23.6 Å². The number of hydrogen-bond acceptors (Lipinski definition) is 7. The third-order valence-corrected chi connectivity index (χ3v) is 5.40. The largest absolute Gasteiger partial charge is 0.481 e. The molecule has 0 unspecified atom stereocenters. The molecule has 0 bridgehead atoms. The van der Waals surface area contributed by atoms with Gasteiger partial charge in [-0.15, -0.1) is 11.3 Å². The van der Waals surface area contributed by atoms with Gasteiger partial charge in [0.15, 0.2) is 15.5 Å². The summed E-state index contributed by atoms with van der Waals surface area (Å²) in [4.78, 5) is 40.5. The van der Waals surface area contributed by atoms with Crippen molar-refractivity contribution in [2.45, 2.75) is 31.9 Å². The van der Waals surface area contributed by atoms with Crippen molar-refractivity contribution in [1.82, 2.24) is 14.4 Å². The number of nitrogens with zero attached hydrogens (tertiary/aromatic N) is 4. The molecule has 2 rings (SSSR count). The number of aromatic nitrogens is 1. The molecule has 13 heteroatoms. The highest BCUT2D eigenvalue weighted by Crippen LogP contribution is 2.15. The first-order valence-corrected chi connectivity index (χ1v) is 10.3. The summed E-state index contributed by atoms with van der Waals surface area (Å²) in [6.07, 6.45) is -0.237. The van der Waals surface area contributed by atoms with Crippen LogP contribution in [0.15, 0.2) is 16.6 Å². The minimum atomic E-state index is -2.74. The number of aliphatic hydroxyl groups is 1. The highest BCUT2D eigenvalue weighted by atomic mass is 32.1. The first-order chi connectivity index (χ1) is 14.0. The van der Waals surface area contributed by atoms with Crippen molar-refractivity contribution in [2.24, 2.45) is 4.99 Å². The Labute approximate surface area is 182 Å². The van der Waals surface area contributed by atoms with Gasteiger partial charge < -0.3 is 34.8 Å². The summed E-state index contributed by atoms with van der Waals surface area (Å²) >= 11 is 7.04. The predicted octanol–water partition coefficient (Wildman–Crippen LogP) is -0.246. The van der Waals surface area contributed by atoms with Gasteiger partial charge in [0, 0.05) is 44.3 Å². The van der Waals surface area contributed by atoms with Crippen molar-refractivity contribution >= 4 is 46.6 Å². The molecule has 0 atom stereocenters. The van der Waals surface area contributed by atoms with Crippen LogP contribution in [-0.2, 0) is 20.9 Å². The zero-order valence-corrected chi connectivity index (χ0v) is 18.4. The molecule has 1 aromatic heterocycles. The SMILES string of the molecule is CCn1ccs/c1=N\C(=S)N1CCN(C)CC1.O=C(O)CC(O)(CC(=O)O)C(=O)O. The number of likely N-dealkylation sites (N-methyl/N-ethyl adjacent to an activating group) is 1.